The van der Waals surface area contributed by atoms with E-state index in [9.17, 15) is 4.79 Å². The zero-order chi connectivity index (χ0) is 19.4. The number of carbonyl (C=O) groups is 1. The fraction of sp³-hybridized carbons (Fsp3) is 0.381. The van der Waals surface area contributed by atoms with E-state index in [0.29, 0.717) is 5.56 Å². The molecule has 2 heterocycles. The molecule has 2 aromatic rings. The molecule has 0 spiro atoms. The molecular weight excluding hydrogens is 338 g/mol. The lowest BCUT2D eigenvalue weighted by Gasteiger charge is -2.38. The molecule has 6 nitrogen and oxygen atoms in total. The molecule has 0 radical (unpaired) electrons. The molecule has 1 unspecified atom stereocenters. The van der Waals surface area contributed by atoms with Crippen LogP contribution in [0.15, 0.2) is 36.5 Å². The number of rotatable bonds is 4. The van der Waals surface area contributed by atoms with Gasteiger partial charge in [-0.25, -0.2) is 4.98 Å². The van der Waals surface area contributed by atoms with Gasteiger partial charge in [-0.05, 0) is 50.1 Å². The molecular formula is C21H25N5O. The van der Waals surface area contributed by atoms with Crippen molar-refractivity contribution in [1.29, 1.82) is 5.26 Å². The maximum Gasteiger partial charge on any atom is 0.241 e. The van der Waals surface area contributed by atoms with E-state index in [-0.39, 0.29) is 11.9 Å². The van der Waals surface area contributed by atoms with Crippen LogP contribution in [0.4, 0.5) is 11.5 Å². The van der Waals surface area contributed by atoms with E-state index in [1.165, 1.54) is 0 Å². The van der Waals surface area contributed by atoms with Gasteiger partial charge in [-0.1, -0.05) is 12.1 Å². The van der Waals surface area contributed by atoms with Gasteiger partial charge in [0.15, 0.2) is 0 Å². The van der Waals surface area contributed by atoms with Crippen LogP contribution in [0.5, 0.6) is 0 Å². The van der Waals surface area contributed by atoms with E-state index in [0.717, 1.165) is 48.8 Å². The first-order valence-corrected chi connectivity index (χ1v) is 9.21. The Morgan fingerprint density at radius 2 is 1.93 bits per heavy atom. The Bertz CT molecular complexity index is 865. The van der Waals surface area contributed by atoms with E-state index in [2.05, 4.69) is 26.2 Å². The molecule has 6 heteroatoms. The molecule has 1 aliphatic heterocycles. The molecule has 1 aromatic carbocycles. The zero-order valence-electron chi connectivity index (χ0n) is 16.1. The van der Waals surface area contributed by atoms with E-state index >= 15 is 0 Å². The third kappa shape index (κ3) is 4.44. The predicted octanol–water partition coefficient (Wildman–Crippen LogP) is 2.72. The number of anilines is 2. The number of nitrogens with one attached hydrogen (secondary N) is 1. The molecule has 1 fully saturated rings. The quantitative estimate of drug-likeness (QED) is 0.904. The minimum absolute atomic E-state index is 0.0155. The average Bonchev–Trinajstić information content (AvgIpc) is 2.70. The highest BCUT2D eigenvalue weighted by Crippen LogP contribution is 2.19. The molecule has 1 atom stereocenters. The Morgan fingerprint density at radius 1 is 1.19 bits per heavy atom. The number of carbonyl (C=O) groups excluding carboxylic acids is 1. The third-order valence-electron chi connectivity index (χ3n) is 5.09. The number of hydrogen-bond donors (Lipinski definition) is 1. The van der Waals surface area contributed by atoms with Gasteiger partial charge >= 0.3 is 0 Å². The SMILES string of the molecule is Cc1ccc(C)c(NC(=O)C(C)N2CCN(c3cc(C#N)ccn3)CC2)c1. The maximum atomic E-state index is 12.7. The van der Waals surface area contributed by atoms with Gasteiger partial charge in [-0.15, -0.1) is 0 Å². The maximum absolute atomic E-state index is 12.7. The molecule has 1 N–H and O–H groups in total. The number of nitrogens with zero attached hydrogens (tertiary/aromatic N) is 4. The van der Waals surface area contributed by atoms with Crippen molar-refractivity contribution in [3.63, 3.8) is 0 Å². The number of benzene rings is 1. The second-order valence-corrected chi connectivity index (χ2v) is 7.02. The lowest BCUT2D eigenvalue weighted by molar-refractivity contribution is -0.120. The highest BCUT2D eigenvalue weighted by atomic mass is 16.2. The summed E-state index contributed by atoms with van der Waals surface area (Å²) >= 11 is 0. The van der Waals surface area contributed by atoms with E-state index < -0.39 is 0 Å². The van der Waals surface area contributed by atoms with E-state index in [4.69, 9.17) is 5.26 Å². The minimum Gasteiger partial charge on any atom is -0.354 e. The van der Waals surface area contributed by atoms with Gasteiger partial charge in [-0.2, -0.15) is 5.26 Å². The Balaban J connectivity index is 1.59. The lowest BCUT2D eigenvalue weighted by atomic mass is 10.1. The normalized spacial score (nSPS) is 15.9. The molecule has 1 saturated heterocycles. The number of amides is 1. The molecule has 1 aromatic heterocycles. The summed E-state index contributed by atoms with van der Waals surface area (Å²) < 4.78 is 0. The summed E-state index contributed by atoms with van der Waals surface area (Å²) in [7, 11) is 0. The first-order valence-electron chi connectivity index (χ1n) is 9.21. The molecule has 27 heavy (non-hydrogen) atoms. The van der Waals surface area contributed by atoms with Gasteiger partial charge < -0.3 is 10.2 Å². The topological polar surface area (TPSA) is 72.3 Å². The van der Waals surface area contributed by atoms with Crippen molar-refractivity contribution < 1.29 is 4.79 Å². The van der Waals surface area contributed by atoms with Crippen LogP contribution < -0.4 is 10.2 Å². The monoisotopic (exact) mass is 363 g/mol. The summed E-state index contributed by atoms with van der Waals surface area (Å²) in [5.41, 5.74) is 3.69. The number of hydrogen-bond acceptors (Lipinski definition) is 5. The van der Waals surface area contributed by atoms with Crippen molar-refractivity contribution in [3.05, 3.63) is 53.2 Å². The van der Waals surface area contributed by atoms with Crippen LogP contribution in [0.3, 0.4) is 0 Å². The van der Waals surface area contributed by atoms with Gasteiger partial charge in [0.25, 0.3) is 0 Å². The fourth-order valence-electron chi connectivity index (χ4n) is 3.27. The van der Waals surface area contributed by atoms with Crippen molar-refractivity contribution in [2.45, 2.75) is 26.8 Å². The number of aryl methyl sites for hydroxylation is 2. The zero-order valence-corrected chi connectivity index (χ0v) is 16.1. The minimum atomic E-state index is -0.203. The Labute approximate surface area is 160 Å². The summed E-state index contributed by atoms with van der Waals surface area (Å²) in [6.45, 7) is 9.09. The molecule has 0 bridgehead atoms. The van der Waals surface area contributed by atoms with Gasteiger partial charge in [0.05, 0.1) is 17.7 Å². The second kappa shape index (κ2) is 8.19. The van der Waals surface area contributed by atoms with Crippen molar-refractivity contribution in [2.24, 2.45) is 0 Å². The Morgan fingerprint density at radius 3 is 2.63 bits per heavy atom. The number of nitriles is 1. The van der Waals surface area contributed by atoms with Crippen LogP contribution in [0.25, 0.3) is 0 Å². The molecule has 3 rings (SSSR count). The van der Waals surface area contributed by atoms with Gasteiger partial charge in [-0.3, -0.25) is 9.69 Å². The largest absolute Gasteiger partial charge is 0.354 e. The average molecular weight is 363 g/mol. The van der Waals surface area contributed by atoms with Crippen molar-refractivity contribution >= 4 is 17.4 Å². The summed E-state index contributed by atoms with van der Waals surface area (Å²) in [5.74, 6) is 0.836. The Hall–Kier alpha value is -2.91. The highest BCUT2D eigenvalue weighted by Gasteiger charge is 2.26. The first-order chi connectivity index (χ1) is 13.0. The van der Waals surface area contributed by atoms with Crippen LogP contribution in [-0.2, 0) is 4.79 Å². The summed E-state index contributed by atoms with van der Waals surface area (Å²) in [6.07, 6.45) is 1.67. The third-order valence-corrected chi connectivity index (χ3v) is 5.09. The van der Waals surface area contributed by atoms with Gasteiger partial charge in [0.2, 0.25) is 5.91 Å². The lowest BCUT2D eigenvalue weighted by Crippen LogP contribution is -2.53. The molecule has 0 aliphatic carbocycles. The Kier molecular flexibility index (Phi) is 5.72. The van der Waals surface area contributed by atoms with Crippen LogP contribution in [-0.4, -0.2) is 48.0 Å². The number of aromatic nitrogens is 1. The van der Waals surface area contributed by atoms with E-state index in [1.54, 1.807) is 12.3 Å². The molecule has 0 saturated carbocycles. The standard InChI is InChI=1S/C21H25N5O/c1-15-4-5-16(2)19(12-15)24-21(27)17(3)25-8-10-26(11-9-25)20-13-18(14-22)6-7-23-20/h4-7,12-13,17H,8-11H2,1-3H3,(H,24,27). The first kappa shape index (κ1) is 18.9. The number of pyridine rings is 1. The smallest absolute Gasteiger partial charge is 0.241 e. The van der Waals surface area contributed by atoms with Crippen LogP contribution in [0.2, 0.25) is 0 Å². The molecule has 1 aliphatic rings. The summed E-state index contributed by atoms with van der Waals surface area (Å²) in [6, 6.07) is 11.5. The van der Waals surface area contributed by atoms with Crippen molar-refractivity contribution in [1.82, 2.24) is 9.88 Å². The van der Waals surface area contributed by atoms with Crippen molar-refractivity contribution in [2.75, 3.05) is 36.4 Å². The van der Waals surface area contributed by atoms with Crippen LogP contribution >= 0.6 is 0 Å². The predicted molar refractivity (Wildman–Crippen MR) is 107 cm³/mol. The van der Waals surface area contributed by atoms with E-state index in [1.807, 2.05) is 45.0 Å². The molecule has 140 valence electrons. The van der Waals surface area contributed by atoms with Gasteiger partial charge in [0, 0.05) is 38.1 Å². The van der Waals surface area contributed by atoms with Crippen LogP contribution in [0.1, 0.15) is 23.6 Å². The summed E-state index contributed by atoms with van der Waals surface area (Å²) in [5, 5.41) is 12.1. The molecule has 1 amide bonds. The van der Waals surface area contributed by atoms with Gasteiger partial charge in [0.1, 0.15) is 5.82 Å². The number of piperazine rings is 1. The van der Waals surface area contributed by atoms with Crippen LogP contribution in [0, 0.1) is 25.2 Å². The fourth-order valence-corrected chi connectivity index (χ4v) is 3.27. The second-order valence-electron chi connectivity index (χ2n) is 7.02. The highest BCUT2D eigenvalue weighted by molar-refractivity contribution is 5.95. The van der Waals surface area contributed by atoms with Crippen molar-refractivity contribution in [3.8, 4) is 6.07 Å². The summed E-state index contributed by atoms with van der Waals surface area (Å²) in [4.78, 5) is 21.4.